The standard InChI is InChI=1S/C12H10ClFN2O4S2/c13-10-4-5-12(21-10)22(18,19)16-15-11(17)7-20-9-3-1-2-8(14)6-9/h1-6,16H,7H2,(H,15,17). The molecule has 0 unspecified atom stereocenters. The Bertz CT molecular complexity index is 779. The highest BCUT2D eigenvalue weighted by Crippen LogP contribution is 2.24. The van der Waals surface area contributed by atoms with Gasteiger partial charge in [0.1, 0.15) is 15.8 Å². The van der Waals surface area contributed by atoms with Gasteiger partial charge in [-0.25, -0.2) is 12.8 Å². The zero-order valence-electron chi connectivity index (χ0n) is 10.9. The molecule has 2 N–H and O–H groups in total. The summed E-state index contributed by atoms with van der Waals surface area (Å²) < 4.78 is 41.8. The Kier molecular flexibility index (Phi) is 5.35. The quantitative estimate of drug-likeness (QED) is 0.767. The van der Waals surface area contributed by atoms with Gasteiger partial charge < -0.3 is 4.74 Å². The number of ether oxygens (including phenoxy) is 1. The molecule has 6 nitrogen and oxygen atoms in total. The highest BCUT2D eigenvalue weighted by atomic mass is 35.5. The van der Waals surface area contributed by atoms with Crippen molar-refractivity contribution in [2.24, 2.45) is 0 Å². The van der Waals surface area contributed by atoms with Crippen molar-refractivity contribution in [3.05, 3.63) is 46.6 Å². The van der Waals surface area contributed by atoms with Crippen molar-refractivity contribution in [3.8, 4) is 5.75 Å². The van der Waals surface area contributed by atoms with E-state index in [-0.39, 0.29) is 9.96 Å². The topological polar surface area (TPSA) is 84.5 Å². The van der Waals surface area contributed by atoms with E-state index >= 15 is 0 Å². The number of hydrogen-bond donors (Lipinski definition) is 2. The number of thiophene rings is 1. The third-order valence-corrected chi connectivity index (χ3v) is 5.27. The second kappa shape index (κ2) is 7.05. The molecule has 1 aromatic carbocycles. The van der Waals surface area contributed by atoms with Crippen LogP contribution in [0, 0.1) is 5.82 Å². The van der Waals surface area contributed by atoms with Gasteiger partial charge in [-0.05, 0) is 24.3 Å². The lowest BCUT2D eigenvalue weighted by Gasteiger charge is -2.08. The van der Waals surface area contributed by atoms with E-state index < -0.39 is 28.4 Å². The van der Waals surface area contributed by atoms with Crippen molar-refractivity contribution in [2.75, 3.05) is 6.61 Å². The summed E-state index contributed by atoms with van der Waals surface area (Å²) in [6, 6.07) is 7.96. The van der Waals surface area contributed by atoms with Crippen LogP contribution in [0.2, 0.25) is 4.34 Å². The van der Waals surface area contributed by atoms with Crippen molar-refractivity contribution >= 4 is 38.9 Å². The van der Waals surface area contributed by atoms with Crippen LogP contribution >= 0.6 is 22.9 Å². The highest BCUT2D eigenvalue weighted by Gasteiger charge is 2.17. The minimum Gasteiger partial charge on any atom is -0.484 e. The first-order valence-corrected chi connectivity index (χ1v) is 8.49. The second-order valence-electron chi connectivity index (χ2n) is 3.96. The van der Waals surface area contributed by atoms with Crippen LogP contribution in [-0.2, 0) is 14.8 Å². The molecule has 0 aliphatic carbocycles. The summed E-state index contributed by atoms with van der Waals surface area (Å²) in [7, 11) is -3.89. The van der Waals surface area contributed by atoms with Gasteiger partial charge in [-0.3, -0.25) is 10.2 Å². The Morgan fingerprint density at radius 2 is 2.09 bits per heavy atom. The lowest BCUT2D eigenvalue weighted by molar-refractivity contribution is -0.123. The van der Waals surface area contributed by atoms with E-state index in [9.17, 15) is 17.6 Å². The smallest absolute Gasteiger partial charge is 0.272 e. The Labute approximate surface area is 134 Å². The lowest BCUT2D eigenvalue weighted by Crippen LogP contribution is -2.43. The van der Waals surface area contributed by atoms with E-state index in [1.54, 1.807) is 0 Å². The summed E-state index contributed by atoms with van der Waals surface area (Å²) in [6.07, 6.45) is 0. The van der Waals surface area contributed by atoms with Gasteiger partial charge in [0, 0.05) is 6.07 Å². The SMILES string of the molecule is O=C(COc1cccc(F)c1)NNS(=O)(=O)c1ccc(Cl)s1. The summed E-state index contributed by atoms with van der Waals surface area (Å²) >= 11 is 6.50. The fourth-order valence-corrected chi connectivity index (χ4v) is 3.70. The third kappa shape index (κ3) is 4.67. The molecule has 0 saturated heterocycles. The van der Waals surface area contributed by atoms with Gasteiger partial charge in [-0.15, -0.1) is 16.2 Å². The molecule has 2 rings (SSSR count). The summed E-state index contributed by atoms with van der Waals surface area (Å²) in [5, 5.41) is 0. The van der Waals surface area contributed by atoms with Crippen LogP contribution in [0.4, 0.5) is 4.39 Å². The molecule has 22 heavy (non-hydrogen) atoms. The van der Waals surface area contributed by atoms with Gasteiger partial charge in [0.05, 0.1) is 4.34 Å². The number of sulfonamides is 1. The van der Waals surface area contributed by atoms with Crippen molar-refractivity contribution in [3.63, 3.8) is 0 Å². The third-order valence-electron chi connectivity index (χ3n) is 2.30. The molecule has 0 aliphatic heterocycles. The molecule has 118 valence electrons. The van der Waals surface area contributed by atoms with Crippen molar-refractivity contribution in [2.45, 2.75) is 4.21 Å². The minimum atomic E-state index is -3.89. The maximum absolute atomic E-state index is 12.9. The molecule has 0 bridgehead atoms. The molecule has 0 atom stereocenters. The van der Waals surface area contributed by atoms with Crippen molar-refractivity contribution in [1.82, 2.24) is 10.3 Å². The van der Waals surface area contributed by atoms with Gasteiger partial charge in [0.2, 0.25) is 0 Å². The molecule has 0 fully saturated rings. The van der Waals surface area contributed by atoms with Crippen LogP contribution < -0.4 is 15.0 Å². The van der Waals surface area contributed by atoms with Crippen LogP contribution in [0.25, 0.3) is 0 Å². The van der Waals surface area contributed by atoms with Crippen LogP contribution in [0.15, 0.2) is 40.6 Å². The molecule has 2 aromatic rings. The Hall–Kier alpha value is -1.68. The summed E-state index contributed by atoms with van der Waals surface area (Å²) in [5.41, 5.74) is 1.98. The molecule has 1 aromatic heterocycles. The number of carbonyl (C=O) groups excluding carboxylic acids is 1. The molecule has 0 saturated carbocycles. The van der Waals surface area contributed by atoms with E-state index in [1.165, 1.54) is 30.3 Å². The Morgan fingerprint density at radius 1 is 1.32 bits per heavy atom. The van der Waals surface area contributed by atoms with E-state index in [0.29, 0.717) is 4.34 Å². The zero-order valence-corrected chi connectivity index (χ0v) is 13.3. The fraction of sp³-hybridized carbons (Fsp3) is 0.0833. The van der Waals surface area contributed by atoms with E-state index in [0.717, 1.165) is 17.4 Å². The first kappa shape index (κ1) is 16.7. The maximum atomic E-state index is 12.9. The number of benzene rings is 1. The van der Waals surface area contributed by atoms with Crippen LogP contribution in [-0.4, -0.2) is 20.9 Å². The molecular weight excluding hydrogens is 355 g/mol. The molecule has 0 aliphatic rings. The minimum absolute atomic E-state index is 0.0381. The van der Waals surface area contributed by atoms with Crippen molar-refractivity contribution in [1.29, 1.82) is 0 Å². The fourth-order valence-electron chi connectivity index (χ4n) is 1.36. The number of hydrogen-bond acceptors (Lipinski definition) is 5. The van der Waals surface area contributed by atoms with Gasteiger partial charge >= 0.3 is 0 Å². The molecular formula is C12H10ClFN2O4S2. The second-order valence-corrected chi connectivity index (χ2v) is 7.58. The normalized spacial score (nSPS) is 11.2. The largest absolute Gasteiger partial charge is 0.484 e. The predicted octanol–water partition coefficient (Wildman–Crippen LogP) is 1.93. The van der Waals surface area contributed by atoms with E-state index in [1.807, 2.05) is 10.3 Å². The molecule has 10 heteroatoms. The number of amides is 1. The predicted molar refractivity (Wildman–Crippen MR) is 79.7 cm³/mol. The molecule has 1 heterocycles. The molecule has 0 spiro atoms. The van der Waals surface area contributed by atoms with Crippen LogP contribution in [0.3, 0.4) is 0 Å². The zero-order chi connectivity index (χ0) is 16.2. The van der Waals surface area contributed by atoms with Crippen molar-refractivity contribution < 1.29 is 22.3 Å². The van der Waals surface area contributed by atoms with E-state index in [2.05, 4.69) is 0 Å². The number of nitrogens with one attached hydrogen (secondary N) is 2. The molecule has 1 amide bonds. The maximum Gasteiger partial charge on any atom is 0.272 e. The summed E-state index contributed by atoms with van der Waals surface area (Å²) in [4.78, 5) is 13.4. The monoisotopic (exact) mass is 364 g/mol. The molecule has 0 radical (unpaired) electrons. The number of carbonyl (C=O) groups is 1. The average molecular weight is 365 g/mol. The lowest BCUT2D eigenvalue weighted by atomic mass is 10.3. The van der Waals surface area contributed by atoms with Crippen LogP contribution in [0.5, 0.6) is 5.75 Å². The van der Waals surface area contributed by atoms with Crippen LogP contribution in [0.1, 0.15) is 0 Å². The Morgan fingerprint density at radius 3 is 2.73 bits per heavy atom. The van der Waals surface area contributed by atoms with Gasteiger partial charge in [0.15, 0.2) is 6.61 Å². The summed E-state index contributed by atoms with van der Waals surface area (Å²) in [5.74, 6) is -1.09. The van der Waals surface area contributed by atoms with Gasteiger partial charge in [0.25, 0.3) is 15.9 Å². The number of hydrazine groups is 1. The first-order chi connectivity index (χ1) is 10.4. The summed E-state index contributed by atoms with van der Waals surface area (Å²) in [6.45, 7) is -0.475. The van der Waals surface area contributed by atoms with E-state index in [4.69, 9.17) is 16.3 Å². The highest BCUT2D eigenvalue weighted by molar-refractivity contribution is 7.91. The number of rotatable bonds is 6. The average Bonchev–Trinajstić information content (AvgIpc) is 2.91. The Balaban J connectivity index is 1.85. The van der Waals surface area contributed by atoms with Gasteiger partial charge in [-0.1, -0.05) is 17.7 Å². The first-order valence-electron chi connectivity index (χ1n) is 5.81. The van der Waals surface area contributed by atoms with Gasteiger partial charge in [-0.2, -0.15) is 0 Å². The number of halogens is 2.